The molecule has 0 saturated heterocycles. The first-order valence-corrected chi connectivity index (χ1v) is 7.92. The van der Waals surface area contributed by atoms with Crippen molar-refractivity contribution < 1.29 is 9.53 Å². The number of nitrogens with zero attached hydrogens (tertiary/aromatic N) is 1. The van der Waals surface area contributed by atoms with Crippen molar-refractivity contribution in [3.63, 3.8) is 0 Å². The lowest BCUT2D eigenvalue weighted by molar-refractivity contribution is -0.145. The third-order valence-electron chi connectivity index (χ3n) is 3.40. The van der Waals surface area contributed by atoms with E-state index in [1.807, 2.05) is 25.1 Å². The van der Waals surface area contributed by atoms with Crippen LogP contribution >= 0.6 is 0 Å². The number of nitrogens with one attached hydrogen (secondary N) is 1. The number of carbonyl (C=O) groups is 1. The fourth-order valence-electron chi connectivity index (χ4n) is 2.26. The smallest absolute Gasteiger partial charge is 0.323 e. The Morgan fingerprint density at radius 2 is 1.95 bits per heavy atom. The van der Waals surface area contributed by atoms with Crippen molar-refractivity contribution in [2.24, 2.45) is 0 Å². The molecule has 118 valence electrons. The van der Waals surface area contributed by atoms with Crippen LogP contribution in [0.2, 0.25) is 0 Å². The molecule has 0 bridgehead atoms. The maximum atomic E-state index is 12.0. The average Bonchev–Trinajstić information content (AvgIpc) is 2.52. The third kappa shape index (κ3) is 6.17. The van der Waals surface area contributed by atoms with Crippen molar-refractivity contribution in [3.8, 4) is 0 Å². The fraction of sp³-hybridized carbons (Fsp3) is 0.588. The van der Waals surface area contributed by atoms with Gasteiger partial charge in [-0.25, -0.2) is 0 Å². The van der Waals surface area contributed by atoms with E-state index in [2.05, 4.69) is 36.2 Å². The molecule has 0 spiro atoms. The van der Waals surface area contributed by atoms with Gasteiger partial charge in [0, 0.05) is 18.8 Å². The van der Waals surface area contributed by atoms with Gasteiger partial charge in [-0.15, -0.1) is 0 Å². The van der Waals surface area contributed by atoms with E-state index >= 15 is 0 Å². The Morgan fingerprint density at radius 1 is 1.24 bits per heavy atom. The van der Waals surface area contributed by atoms with E-state index in [4.69, 9.17) is 4.74 Å². The molecule has 0 heterocycles. The number of anilines is 1. The largest absolute Gasteiger partial charge is 0.465 e. The van der Waals surface area contributed by atoms with Crippen LogP contribution in [0.25, 0.3) is 0 Å². The predicted molar refractivity (Wildman–Crippen MR) is 87.7 cm³/mol. The minimum atomic E-state index is -0.220. The molecule has 1 atom stereocenters. The second-order valence-corrected chi connectivity index (χ2v) is 4.96. The maximum Gasteiger partial charge on any atom is 0.323 e. The Bertz CT molecular complexity index is 395. The first kappa shape index (κ1) is 17.5. The summed E-state index contributed by atoms with van der Waals surface area (Å²) in [6, 6.07) is 10.1. The highest BCUT2D eigenvalue weighted by Gasteiger charge is 2.19. The minimum absolute atomic E-state index is 0.143. The molecule has 1 N–H and O–H groups in total. The van der Waals surface area contributed by atoms with Gasteiger partial charge in [-0.3, -0.25) is 4.79 Å². The van der Waals surface area contributed by atoms with Gasteiger partial charge in [-0.05, 0) is 45.4 Å². The summed E-state index contributed by atoms with van der Waals surface area (Å²) in [5, 5.41) is 3.28. The fourth-order valence-corrected chi connectivity index (χ4v) is 2.26. The van der Waals surface area contributed by atoms with Crippen LogP contribution in [0.1, 0.15) is 33.6 Å². The number of para-hydroxylation sites is 1. The molecule has 0 aliphatic rings. The minimum Gasteiger partial charge on any atom is -0.465 e. The van der Waals surface area contributed by atoms with Crippen LogP contribution in [0.5, 0.6) is 0 Å². The van der Waals surface area contributed by atoms with Gasteiger partial charge in [0.15, 0.2) is 0 Å². The van der Waals surface area contributed by atoms with Crippen LogP contribution in [0, 0.1) is 0 Å². The number of benzene rings is 1. The third-order valence-corrected chi connectivity index (χ3v) is 3.40. The molecule has 1 aromatic rings. The van der Waals surface area contributed by atoms with Gasteiger partial charge in [0.2, 0.25) is 0 Å². The Labute approximate surface area is 128 Å². The summed E-state index contributed by atoms with van der Waals surface area (Å²) in [7, 11) is 0. The number of hydrogen-bond donors (Lipinski definition) is 1. The summed E-state index contributed by atoms with van der Waals surface area (Å²) in [6.45, 7) is 9.09. The first-order chi connectivity index (χ1) is 10.2. The Hall–Kier alpha value is -1.55. The number of esters is 1. The molecular formula is C17H28N2O2. The quantitative estimate of drug-likeness (QED) is 0.673. The highest BCUT2D eigenvalue weighted by atomic mass is 16.5. The molecule has 21 heavy (non-hydrogen) atoms. The molecule has 4 nitrogen and oxygen atoms in total. The first-order valence-electron chi connectivity index (χ1n) is 7.92. The van der Waals surface area contributed by atoms with Crippen molar-refractivity contribution in [1.82, 2.24) is 5.32 Å². The molecule has 1 aromatic carbocycles. The lowest BCUT2D eigenvalue weighted by atomic mass is 10.1. The standard InChI is InChI=1S/C17H28N2O2/c1-4-13-18-16(17(20)21-6-3)12-14-19(5-2)15-10-8-7-9-11-15/h7-11,16,18H,4-6,12-14H2,1-3H3. The van der Waals surface area contributed by atoms with Crippen LogP contribution in [0.15, 0.2) is 30.3 Å². The zero-order chi connectivity index (χ0) is 15.5. The predicted octanol–water partition coefficient (Wildman–Crippen LogP) is 2.83. The van der Waals surface area contributed by atoms with Gasteiger partial charge >= 0.3 is 5.97 Å². The maximum absolute atomic E-state index is 12.0. The number of carbonyl (C=O) groups excluding carboxylic acids is 1. The molecule has 0 aliphatic heterocycles. The molecule has 0 amide bonds. The van der Waals surface area contributed by atoms with Gasteiger partial charge in [-0.2, -0.15) is 0 Å². The van der Waals surface area contributed by atoms with Crippen molar-refractivity contribution in [2.75, 3.05) is 31.1 Å². The molecule has 0 aliphatic carbocycles. The van der Waals surface area contributed by atoms with Crippen LogP contribution in [-0.4, -0.2) is 38.3 Å². The Morgan fingerprint density at radius 3 is 2.52 bits per heavy atom. The summed E-state index contributed by atoms with van der Waals surface area (Å²) in [5.74, 6) is -0.143. The molecule has 0 fully saturated rings. The summed E-state index contributed by atoms with van der Waals surface area (Å²) in [6.07, 6.45) is 1.76. The van der Waals surface area contributed by atoms with Crippen LogP contribution < -0.4 is 10.2 Å². The van der Waals surface area contributed by atoms with Crippen LogP contribution in [0.4, 0.5) is 5.69 Å². The normalized spacial score (nSPS) is 12.0. The van der Waals surface area contributed by atoms with E-state index in [1.165, 1.54) is 5.69 Å². The van der Waals surface area contributed by atoms with E-state index in [1.54, 1.807) is 0 Å². The van der Waals surface area contributed by atoms with Gasteiger partial charge in [0.1, 0.15) is 6.04 Å². The van der Waals surface area contributed by atoms with Crippen molar-refractivity contribution >= 4 is 11.7 Å². The second kappa shape index (κ2) is 10.2. The van der Waals surface area contributed by atoms with Crippen molar-refractivity contribution in [3.05, 3.63) is 30.3 Å². The molecule has 4 heteroatoms. The summed E-state index contributed by atoms with van der Waals surface area (Å²) < 4.78 is 5.15. The summed E-state index contributed by atoms with van der Waals surface area (Å²) in [4.78, 5) is 14.3. The highest BCUT2D eigenvalue weighted by Crippen LogP contribution is 2.13. The summed E-state index contributed by atoms with van der Waals surface area (Å²) in [5.41, 5.74) is 1.19. The zero-order valence-electron chi connectivity index (χ0n) is 13.5. The van der Waals surface area contributed by atoms with E-state index in [-0.39, 0.29) is 12.0 Å². The monoisotopic (exact) mass is 292 g/mol. The van der Waals surface area contributed by atoms with Crippen molar-refractivity contribution in [1.29, 1.82) is 0 Å². The number of hydrogen-bond acceptors (Lipinski definition) is 4. The number of ether oxygens (including phenoxy) is 1. The molecular weight excluding hydrogens is 264 g/mol. The average molecular weight is 292 g/mol. The zero-order valence-corrected chi connectivity index (χ0v) is 13.5. The lowest BCUT2D eigenvalue weighted by Gasteiger charge is -2.25. The topological polar surface area (TPSA) is 41.6 Å². The molecule has 0 radical (unpaired) electrons. The van der Waals surface area contributed by atoms with E-state index in [9.17, 15) is 4.79 Å². The van der Waals surface area contributed by atoms with Crippen molar-refractivity contribution in [2.45, 2.75) is 39.7 Å². The van der Waals surface area contributed by atoms with E-state index in [0.29, 0.717) is 6.61 Å². The Kier molecular flexibility index (Phi) is 8.51. The molecule has 1 rings (SSSR count). The van der Waals surface area contributed by atoms with E-state index < -0.39 is 0 Å². The van der Waals surface area contributed by atoms with Crippen LogP contribution in [0.3, 0.4) is 0 Å². The SMILES string of the molecule is CCCNC(CCN(CC)c1ccccc1)C(=O)OCC. The van der Waals surface area contributed by atoms with Gasteiger partial charge in [-0.1, -0.05) is 25.1 Å². The molecule has 0 saturated carbocycles. The summed E-state index contributed by atoms with van der Waals surface area (Å²) >= 11 is 0. The highest BCUT2D eigenvalue weighted by molar-refractivity contribution is 5.75. The Balaban J connectivity index is 2.59. The lowest BCUT2D eigenvalue weighted by Crippen LogP contribution is -2.41. The molecule has 1 unspecified atom stereocenters. The van der Waals surface area contributed by atoms with Gasteiger partial charge < -0.3 is 15.0 Å². The number of rotatable bonds is 10. The second-order valence-electron chi connectivity index (χ2n) is 4.96. The van der Waals surface area contributed by atoms with E-state index in [0.717, 1.165) is 32.5 Å². The van der Waals surface area contributed by atoms with Crippen LogP contribution in [-0.2, 0) is 9.53 Å². The van der Waals surface area contributed by atoms with Gasteiger partial charge in [0.05, 0.1) is 6.61 Å². The molecule has 0 aromatic heterocycles. The van der Waals surface area contributed by atoms with Gasteiger partial charge in [0.25, 0.3) is 0 Å².